The van der Waals surface area contributed by atoms with Crippen LogP contribution < -0.4 is 20.3 Å². The van der Waals surface area contributed by atoms with E-state index in [9.17, 15) is 24.6 Å². The number of nitrogens with zero attached hydrogens (tertiary/aromatic N) is 7. The molecule has 0 unspecified atom stereocenters. The zero-order chi connectivity index (χ0) is 57.0. The molecule has 3 fully saturated rings. The van der Waals surface area contributed by atoms with Crippen molar-refractivity contribution in [2.75, 3.05) is 70.5 Å². The molecule has 6 aromatic rings. The number of benzene rings is 4. The Morgan fingerprint density at radius 2 is 1.70 bits per heavy atom. The number of hydrogen-bond donors (Lipinski definition) is 4. The number of aliphatic hydroxyl groups excluding tert-OH is 1. The van der Waals surface area contributed by atoms with Crippen LogP contribution in [0.15, 0.2) is 97.2 Å². The number of piperazine rings is 1. The van der Waals surface area contributed by atoms with E-state index in [2.05, 4.69) is 62.9 Å². The molecule has 16 nitrogen and oxygen atoms in total. The van der Waals surface area contributed by atoms with Gasteiger partial charge in [0.25, 0.3) is 0 Å². The van der Waals surface area contributed by atoms with Crippen LogP contribution in [0.25, 0.3) is 43.2 Å². The van der Waals surface area contributed by atoms with E-state index in [1.54, 1.807) is 33.3 Å². The Balaban J connectivity index is 0.771. The van der Waals surface area contributed by atoms with E-state index in [1.807, 2.05) is 76.2 Å². The molecule has 0 aliphatic carbocycles. The molecule has 19 heteroatoms. The first kappa shape index (κ1) is 58.0. The van der Waals surface area contributed by atoms with Crippen LogP contribution in [0.5, 0.6) is 11.8 Å². The van der Waals surface area contributed by atoms with E-state index in [0.717, 1.165) is 59.4 Å². The number of halogens is 2. The number of amides is 3. The molecule has 3 aliphatic rings. The molecule has 0 radical (unpaired) electrons. The van der Waals surface area contributed by atoms with Crippen molar-refractivity contribution in [1.29, 1.82) is 0 Å². The molecule has 5 atom stereocenters. The lowest BCUT2D eigenvalue weighted by Crippen LogP contribution is -2.57. The van der Waals surface area contributed by atoms with Crippen LogP contribution >= 0.6 is 22.9 Å². The van der Waals surface area contributed by atoms with Crippen molar-refractivity contribution in [3.63, 3.8) is 0 Å². The molecule has 4 N–H and O–H groups in total. The van der Waals surface area contributed by atoms with Gasteiger partial charge in [0.15, 0.2) is 5.82 Å². The minimum absolute atomic E-state index is 0.0100. The second-order valence-corrected chi connectivity index (χ2v) is 23.8. The Bertz CT molecular complexity index is 3250. The maximum atomic E-state index is 17.2. The highest BCUT2D eigenvalue weighted by molar-refractivity contribution is 7.13. The van der Waals surface area contributed by atoms with Crippen LogP contribution in [0.4, 0.5) is 10.2 Å². The van der Waals surface area contributed by atoms with Gasteiger partial charge in [-0.3, -0.25) is 19.3 Å². The van der Waals surface area contributed by atoms with Gasteiger partial charge in [-0.15, -0.1) is 11.3 Å². The van der Waals surface area contributed by atoms with E-state index >= 15 is 4.39 Å². The van der Waals surface area contributed by atoms with Gasteiger partial charge in [-0.1, -0.05) is 94.1 Å². The molecule has 3 aliphatic heterocycles. The predicted octanol–water partition coefficient (Wildman–Crippen LogP) is 9.46. The van der Waals surface area contributed by atoms with Gasteiger partial charge in [-0.25, -0.2) is 9.37 Å². The first-order valence-corrected chi connectivity index (χ1v) is 28.8. The second-order valence-electron chi connectivity index (χ2n) is 22.6. The summed E-state index contributed by atoms with van der Waals surface area (Å²) in [7, 11) is 0. The molecular formula is C61H73ClFN9O7S. The predicted molar refractivity (Wildman–Crippen MR) is 313 cm³/mol. The monoisotopic (exact) mass is 1130 g/mol. The molecule has 5 heterocycles. The van der Waals surface area contributed by atoms with Gasteiger partial charge in [0, 0.05) is 75.0 Å². The molecule has 0 saturated carbocycles. The van der Waals surface area contributed by atoms with Crippen LogP contribution in [0.1, 0.15) is 77.6 Å². The van der Waals surface area contributed by atoms with Crippen LogP contribution in [0, 0.1) is 24.1 Å². The van der Waals surface area contributed by atoms with Crippen molar-refractivity contribution in [2.45, 2.75) is 97.6 Å². The van der Waals surface area contributed by atoms with Gasteiger partial charge in [0.2, 0.25) is 17.7 Å². The lowest BCUT2D eigenvalue weighted by Gasteiger charge is -2.36. The van der Waals surface area contributed by atoms with Gasteiger partial charge in [0.05, 0.1) is 33.3 Å². The van der Waals surface area contributed by atoms with Crippen molar-refractivity contribution >= 4 is 68.2 Å². The number of anilines is 1. The van der Waals surface area contributed by atoms with E-state index in [-0.39, 0.29) is 70.9 Å². The number of rotatable bonds is 19. The van der Waals surface area contributed by atoms with E-state index in [0.29, 0.717) is 79.5 Å². The standard InChI is InChI=1S/C61H73ClFN9O7S/c1-9-52(76)70-23-25-71(26-24-70)58-48-31-49(62)53(47-29-44(73)28-43-12-10-11-13-46(43)47)54(63)55(48)67-60(68-58)79-36(2)32-69-21-18-40(19-22-69)20-27-78-34-51(75)66-57(61(6,7)8)59(77)72-33-45(74)30-50(72)38(4)65-37(3)41-14-16-42(17-15-41)56-39(5)64-35-80-56/h9-17,28-29,31,35-37,40,45,50,57,65,73-74H,1,4,18-27,30,32-34H2,2-3,5-8H3,(H,66,75)/t36-,37+,45-,50+,57-/m1/s1. The van der Waals surface area contributed by atoms with Gasteiger partial charge in [-0.2, -0.15) is 9.97 Å². The first-order valence-electron chi connectivity index (χ1n) is 27.5. The maximum Gasteiger partial charge on any atom is 0.319 e. The summed E-state index contributed by atoms with van der Waals surface area (Å²) in [4.78, 5) is 63.0. The zero-order valence-corrected chi connectivity index (χ0v) is 48.1. The Labute approximate surface area is 476 Å². The summed E-state index contributed by atoms with van der Waals surface area (Å²) in [5.74, 6) is -0.707. The van der Waals surface area contributed by atoms with Crippen molar-refractivity contribution in [1.82, 2.24) is 40.3 Å². The van der Waals surface area contributed by atoms with Crippen LogP contribution in [0.2, 0.25) is 5.02 Å². The Kier molecular flexibility index (Phi) is 18.1. The highest BCUT2D eigenvalue weighted by Gasteiger charge is 2.43. The zero-order valence-electron chi connectivity index (χ0n) is 46.5. The number of carbonyl (C=O) groups is 3. The highest BCUT2D eigenvalue weighted by Crippen LogP contribution is 2.43. The molecule has 424 valence electrons. The van der Waals surface area contributed by atoms with Crippen molar-refractivity contribution in [3.05, 3.63) is 119 Å². The second kappa shape index (κ2) is 25.0. The Hall–Kier alpha value is -6.70. The molecule has 0 bridgehead atoms. The average molecular weight is 1130 g/mol. The molecule has 2 aromatic heterocycles. The number of nitrogens with one attached hydrogen (secondary N) is 2. The van der Waals surface area contributed by atoms with E-state index in [1.165, 1.54) is 12.1 Å². The normalized spacial score (nSPS) is 18.5. The summed E-state index contributed by atoms with van der Waals surface area (Å²) in [6.07, 6.45) is 3.12. The number of hydrogen-bond acceptors (Lipinski definition) is 14. The van der Waals surface area contributed by atoms with E-state index < -0.39 is 29.4 Å². The lowest BCUT2D eigenvalue weighted by atomic mass is 9.85. The third-order valence-electron chi connectivity index (χ3n) is 15.7. The summed E-state index contributed by atoms with van der Waals surface area (Å²) >= 11 is 8.56. The van der Waals surface area contributed by atoms with Crippen molar-refractivity contribution < 1.29 is 38.5 Å². The van der Waals surface area contributed by atoms with Crippen LogP contribution in [-0.4, -0.2) is 147 Å². The largest absolute Gasteiger partial charge is 0.508 e. The number of phenolic OH excluding ortho intramolecular Hbond substituents is 1. The minimum atomic E-state index is -0.869. The third-order valence-corrected chi connectivity index (χ3v) is 16.9. The van der Waals surface area contributed by atoms with Gasteiger partial charge in [0.1, 0.15) is 35.8 Å². The quantitative estimate of drug-likeness (QED) is 0.0445. The SMILES string of the molecule is C=CC(=O)N1CCN(c2nc(O[C@H](C)CN3CCC(CCOCC(=O)N[C@H](C(=O)N4C[C@H](O)C[C@H]4C(=C)N[C@@H](C)c4ccc(-c5scnc5C)cc4)C(C)(C)C)CC3)nc3c(F)c(-c4cc(O)cc5ccccc45)c(Cl)cc23)CC1. The molecular weight excluding hydrogens is 1060 g/mol. The van der Waals surface area contributed by atoms with Gasteiger partial charge < -0.3 is 45.0 Å². The smallest absolute Gasteiger partial charge is 0.319 e. The van der Waals surface area contributed by atoms with E-state index in [4.69, 9.17) is 26.1 Å². The number of aromatic nitrogens is 3. The summed E-state index contributed by atoms with van der Waals surface area (Å²) in [5, 5.41) is 29.9. The molecule has 3 amide bonds. The molecule has 4 aromatic carbocycles. The summed E-state index contributed by atoms with van der Waals surface area (Å²) in [6, 6.07) is 19.0. The average Bonchev–Trinajstić information content (AvgIpc) is 4.09. The number of β-amino-alcohol motifs (C(OH)–C–C–N with tert-alkyl or cyclic N) is 1. The summed E-state index contributed by atoms with van der Waals surface area (Å²) < 4.78 is 29.5. The molecule has 80 heavy (non-hydrogen) atoms. The number of piperidine rings is 1. The fourth-order valence-electron chi connectivity index (χ4n) is 11.3. The van der Waals surface area contributed by atoms with Crippen LogP contribution in [0.3, 0.4) is 0 Å². The number of phenols is 1. The fraction of sp³-hybridized carbons (Fsp3) is 0.443. The third kappa shape index (κ3) is 13.2. The maximum absolute atomic E-state index is 17.2. The number of carbonyl (C=O) groups excluding carboxylic acids is 3. The van der Waals surface area contributed by atoms with Gasteiger partial charge in [-0.05, 0) is 116 Å². The number of ether oxygens (including phenoxy) is 2. The first-order chi connectivity index (χ1) is 38.3. The topological polar surface area (TPSA) is 186 Å². The van der Waals surface area contributed by atoms with Gasteiger partial charge >= 0.3 is 6.01 Å². The lowest BCUT2D eigenvalue weighted by molar-refractivity contribution is -0.141. The fourth-order valence-corrected chi connectivity index (χ4v) is 12.4. The number of aromatic hydroxyl groups is 1. The molecule has 3 saturated heterocycles. The number of aliphatic hydroxyl groups is 1. The summed E-state index contributed by atoms with van der Waals surface area (Å²) in [6.45, 7) is 23.9. The Morgan fingerprint density at radius 3 is 2.39 bits per heavy atom. The molecule has 0 spiro atoms. The van der Waals surface area contributed by atoms with Crippen LogP contribution in [-0.2, 0) is 19.1 Å². The minimum Gasteiger partial charge on any atom is -0.508 e. The number of aryl methyl sites for hydroxylation is 1. The number of likely N-dealkylation sites (tertiary alicyclic amines) is 2. The van der Waals surface area contributed by atoms with Crippen molar-refractivity contribution in [2.24, 2.45) is 11.3 Å². The molecule has 9 rings (SSSR count). The summed E-state index contributed by atoms with van der Waals surface area (Å²) in [5.41, 5.74) is 5.53. The highest BCUT2D eigenvalue weighted by atomic mass is 35.5. The number of fused-ring (bicyclic) bond motifs is 2. The van der Waals surface area contributed by atoms with Crippen molar-refractivity contribution in [3.8, 4) is 33.3 Å². The Morgan fingerprint density at radius 1 is 0.975 bits per heavy atom. The number of thiazole rings is 1.